The quantitative estimate of drug-likeness (QED) is 0.568. The molecule has 2 aliphatic rings. The molecule has 1 saturated heterocycles. The first kappa shape index (κ1) is 24.7. The lowest BCUT2D eigenvalue weighted by Crippen LogP contribution is -2.49. The summed E-state index contributed by atoms with van der Waals surface area (Å²) in [5.74, 6) is -1.69. The largest absolute Gasteiger partial charge is 0.480 e. The summed E-state index contributed by atoms with van der Waals surface area (Å²) in [6.45, 7) is 4.16. The van der Waals surface area contributed by atoms with Gasteiger partial charge in [0.1, 0.15) is 19.3 Å². The van der Waals surface area contributed by atoms with Crippen LogP contribution in [0, 0.1) is 5.92 Å². The Kier molecular flexibility index (Phi) is 7.70. The van der Waals surface area contributed by atoms with E-state index < -0.39 is 18.2 Å². The van der Waals surface area contributed by atoms with Crippen LogP contribution in [-0.4, -0.2) is 66.4 Å². The predicted octanol–water partition coefficient (Wildman–Crippen LogP) is 3.64. The average Bonchev–Trinajstić information content (AvgIpc) is 3.46. The second kappa shape index (κ2) is 10.9. The molecular formula is C27H32N2O6. The van der Waals surface area contributed by atoms with E-state index in [1.165, 1.54) is 4.90 Å². The molecule has 8 heteroatoms. The van der Waals surface area contributed by atoms with E-state index in [0.717, 1.165) is 22.3 Å². The molecule has 1 aliphatic heterocycles. The monoisotopic (exact) mass is 480 g/mol. The third-order valence-electron chi connectivity index (χ3n) is 7.02. The molecule has 0 bridgehead atoms. The minimum atomic E-state index is -1.06. The normalized spacial score (nSPS) is 19.5. The number of hydrogen-bond acceptors (Lipinski definition) is 5. The van der Waals surface area contributed by atoms with E-state index in [4.69, 9.17) is 9.47 Å². The van der Waals surface area contributed by atoms with Gasteiger partial charge in [-0.25, -0.2) is 4.79 Å². The Hall–Kier alpha value is -3.39. The minimum Gasteiger partial charge on any atom is -0.480 e. The van der Waals surface area contributed by atoms with E-state index in [1.54, 1.807) is 0 Å². The van der Waals surface area contributed by atoms with Crippen LogP contribution >= 0.6 is 0 Å². The summed E-state index contributed by atoms with van der Waals surface area (Å²) in [7, 11) is 0. The molecule has 3 unspecified atom stereocenters. The number of alkyl carbamates (subject to hydrolysis) is 1. The van der Waals surface area contributed by atoms with Gasteiger partial charge < -0.3 is 24.8 Å². The highest BCUT2D eigenvalue weighted by Crippen LogP contribution is 2.44. The van der Waals surface area contributed by atoms with E-state index in [9.17, 15) is 19.5 Å². The molecule has 2 aromatic carbocycles. The molecule has 1 aliphatic carbocycles. The van der Waals surface area contributed by atoms with E-state index in [1.807, 2.05) is 38.1 Å². The number of ether oxygens (including phenoxy) is 2. The second-order valence-corrected chi connectivity index (χ2v) is 9.16. The molecule has 0 aromatic heterocycles. The van der Waals surface area contributed by atoms with Gasteiger partial charge in [0.05, 0.1) is 0 Å². The van der Waals surface area contributed by atoms with E-state index in [2.05, 4.69) is 29.6 Å². The number of nitrogens with zero attached hydrogens (tertiary/aromatic N) is 1. The van der Waals surface area contributed by atoms with Crippen LogP contribution in [0.5, 0.6) is 0 Å². The maximum Gasteiger partial charge on any atom is 0.407 e. The second-order valence-electron chi connectivity index (χ2n) is 9.16. The number of carboxylic acid groups (broad SMARTS) is 1. The van der Waals surface area contributed by atoms with E-state index >= 15 is 0 Å². The molecular weight excluding hydrogens is 448 g/mol. The SMILES string of the molecule is CCC(C)N(CC(=O)O)C(=O)C1OCCC1CNC(=O)OCC1c2ccccc2-c2ccccc21. The third-order valence-corrected chi connectivity index (χ3v) is 7.02. The molecule has 1 heterocycles. The number of carboxylic acids is 1. The van der Waals surface area contributed by atoms with Gasteiger partial charge in [-0.15, -0.1) is 0 Å². The van der Waals surface area contributed by atoms with Gasteiger partial charge in [0.25, 0.3) is 5.91 Å². The lowest BCUT2D eigenvalue weighted by Gasteiger charge is -2.31. The van der Waals surface area contributed by atoms with Crippen molar-refractivity contribution in [3.63, 3.8) is 0 Å². The first-order valence-corrected chi connectivity index (χ1v) is 12.1. The molecule has 8 nitrogen and oxygen atoms in total. The first-order valence-electron chi connectivity index (χ1n) is 12.1. The van der Waals surface area contributed by atoms with Gasteiger partial charge in [-0.3, -0.25) is 9.59 Å². The highest BCUT2D eigenvalue weighted by molar-refractivity contribution is 5.85. The van der Waals surface area contributed by atoms with Crippen LogP contribution in [0.1, 0.15) is 43.7 Å². The van der Waals surface area contributed by atoms with Crippen LogP contribution in [0.3, 0.4) is 0 Å². The zero-order valence-corrected chi connectivity index (χ0v) is 20.1. The fraction of sp³-hybridized carbons (Fsp3) is 0.444. The highest BCUT2D eigenvalue weighted by atomic mass is 16.5. The third kappa shape index (κ3) is 5.32. The standard InChI is InChI=1S/C27H32N2O6/c1-3-17(2)29(15-24(30)31)26(32)25-18(12-13-34-25)14-28-27(33)35-16-23-21-10-6-4-8-19(21)20-9-5-7-11-22(20)23/h4-11,17-18,23,25H,3,12-16H2,1-2H3,(H,28,33)(H,30,31). The molecule has 0 saturated carbocycles. The van der Waals surface area contributed by atoms with Crippen molar-refractivity contribution in [2.45, 2.75) is 44.8 Å². The molecule has 0 spiro atoms. The van der Waals surface area contributed by atoms with Crippen molar-refractivity contribution >= 4 is 18.0 Å². The summed E-state index contributed by atoms with van der Waals surface area (Å²) >= 11 is 0. The van der Waals surface area contributed by atoms with Gasteiger partial charge >= 0.3 is 12.1 Å². The number of fused-ring (bicyclic) bond motifs is 3. The number of benzene rings is 2. The number of carbonyl (C=O) groups is 3. The fourth-order valence-corrected chi connectivity index (χ4v) is 4.96. The van der Waals surface area contributed by atoms with Crippen LogP contribution in [0.25, 0.3) is 11.1 Å². The molecule has 35 heavy (non-hydrogen) atoms. The molecule has 0 radical (unpaired) electrons. The van der Waals surface area contributed by atoms with Crippen LogP contribution < -0.4 is 5.32 Å². The van der Waals surface area contributed by atoms with Crippen LogP contribution in [0.4, 0.5) is 4.79 Å². The Balaban J connectivity index is 1.34. The molecule has 2 aromatic rings. The van der Waals surface area contributed by atoms with Crippen molar-refractivity contribution < 1.29 is 29.0 Å². The smallest absolute Gasteiger partial charge is 0.407 e. The summed E-state index contributed by atoms with van der Waals surface area (Å²) in [6, 6.07) is 16.1. The Morgan fingerprint density at radius 3 is 2.34 bits per heavy atom. The summed E-state index contributed by atoms with van der Waals surface area (Å²) in [5.41, 5.74) is 4.60. The van der Waals surface area contributed by atoms with Crippen molar-refractivity contribution in [2.24, 2.45) is 5.92 Å². The number of nitrogens with one attached hydrogen (secondary N) is 1. The van der Waals surface area contributed by atoms with Gasteiger partial charge in [-0.1, -0.05) is 55.5 Å². The molecule has 4 rings (SSSR count). The van der Waals surface area contributed by atoms with Crippen molar-refractivity contribution in [1.29, 1.82) is 0 Å². The van der Waals surface area contributed by atoms with Gasteiger partial charge in [-0.05, 0) is 42.0 Å². The van der Waals surface area contributed by atoms with Crippen molar-refractivity contribution in [2.75, 3.05) is 26.3 Å². The summed E-state index contributed by atoms with van der Waals surface area (Å²) in [4.78, 5) is 38.2. The zero-order chi connectivity index (χ0) is 24.9. The molecule has 186 valence electrons. The first-order chi connectivity index (χ1) is 16.9. The van der Waals surface area contributed by atoms with Crippen molar-refractivity contribution in [3.8, 4) is 11.1 Å². The molecule has 2 amide bonds. The average molecular weight is 481 g/mol. The predicted molar refractivity (Wildman–Crippen MR) is 130 cm³/mol. The number of aliphatic carboxylic acids is 1. The Morgan fingerprint density at radius 2 is 1.74 bits per heavy atom. The Morgan fingerprint density at radius 1 is 1.11 bits per heavy atom. The fourth-order valence-electron chi connectivity index (χ4n) is 4.96. The van der Waals surface area contributed by atoms with Gasteiger partial charge in [0, 0.05) is 31.0 Å². The maximum absolute atomic E-state index is 13.1. The zero-order valence-electron chi connectivity index (χ0n) is 20.1. The van der Waals surface area contributed by atoms with Gasteiger partial charge in [-0.2, -0.15) is 0 Å². The topological polar surface area (TPSA) is 105 Å². The summed E-state index contributed by atoms with van der Waals surface area (Å²) in [6.07, 6.45) is -0.0953. The number of rotatable bonds is 9. The maximum atomic E-state index is 13.1. The van der Waals surface area contributed by atoms with Crippen LogP contribution in [0.2, 0.25) is 0 Å². The van der Waals surface area contributed by atoms with Gasteiger partial charge in [0.15, 0.2) is 0 Å². The van der Waals surface area contributed by atoms with E-state index in [-0.39, 0.29) is 43.5 Å². The van der Waals surface area contributed by atoms with E-state index in [0.29, 0.717) is 19.4 Å². The summed E-state index contributed by atoms with van der Waals surface area (Å²) < 4.78 is 11.2. The Labute approximate surface area is 205 Å². The Bertz CT molecular complexity index is 1040. The van der Waals surface area contributed by atoms with Gasteiger partial charge in [0.2, 0.25) is 0 Å². The van der Waals surface area contributed by atoms with Crippen molar-refractivity contribution in [1.82, 2.24) is 10.2 Å². The summed E-state index contributed by atoms with van der Waals surface area (Å²) in [5, 5.41) is 12.0. The van der Waals surface area contributed by atoms with Crippen LogP contribution in [-0.2, 0) is 19.1 Å². The lowest BCUT2D eigenvalue weighted by atomic mass is 9.98. The molecule has 2 N–H and O–H groups in total. The number of hydrogen-bond donors (Lipinski definition) is 2. The van der Waals surface area contributed by atoms with Crippen molar-refractivity contribution in [3.05, 3.63) is 59.7 Å². The molecule has 1 fully saturated rings. The minimum absolute atomic E-state index is 0.0302. The van der Waals surface area contributed by atoms with Crippen LogP contribution in [0.15, 0.2) is 48.5 Å². The number of carbonyl (C=O) groups excluding carboxylic acids is 2. The lowest BCUT2D eigenvalue weighted by molar-refractivity contribution is -0.152. The number of amides is 2. The highest BCUT2D eigenvalue weighted by Gasteiger charge is 2.39. The molecule has 3 atom stereocenters.